The highest BCUT2D eigenvalue weighted by Crippen LogP contribution is 2.06. The van der Waals surface area contributed by atoms with E-state index in [4.69, 9.17) is 5.84 Å². The predicted molar refractivity (Wildman–Crippen MR) is 56.8 cm³/mol. The first kappa shape index (κ1) is 10.7. The van der Waals surface area contributed by atoms with E-state index >= 15 is 0 Å². The number of nitrogens with two attached hydrogens (primary N) is 1. The number of hydrogen-bond acceptors (Lipinski definition) is 4. The molecule has 0 aliphatic carbocycles. The van der Waals surface area contributed by atoms with E-state index in [0.717, 1.165) is 11.1 Å². The van der Waals surface area contributed by atoms with Gasteiger partial charge in [0.2, 0.25) is 0 Å². The van der Waals surface area contributed by atoms with Crippen molar-refractivity contribution >= 4 is 16.1 Å². The highest BCUT2D eigenvalue weighted by molar-refractivity contribution is 7.89. The average Bonchev–Trinajstić information content (AvgIpc) is 2.06. The summed E-state index contributed by atoms with van der Waals surface area (Å²) in [7, 11) is -2.96. The van der Waals surface area contributed by atoms with E-state index in [9.17, 15) is 8.42 Å². The topological polar surface area (TPSA) is 72.5 Å². The third-order valence-corrected chi connectivity index (χ3v) is 2.49. The maximum atomic E-state index is 11.0. The second-order valence-electron chi connectivity index (χ2n) is 3.09. The first-order chi connectivity index (χ1) is 6.51. The molecule has 0 unspecified atom stereocenters. The fourth-order valence-corrected chi connectivity index (χ4v) is 1.89. The van der Waals surface area contributed by atoms with Gasteiger partial charge in [0.05, 0.1) is 12.0 Å². The molecule has 0 radical (unpaired) electrons. The van der Waals surface area contributed by atoms with Crippen LogP contribution in [0.2, 0.25) is 0 Å². The van der Waals surface area contributed by atoms with Crippen molar-refractivity contribution in [2.24, 2.45) is 10.9 Å². The van der Waals surface area contributed by atoms with Crippen molar-refractivity contribution in [3.63, 3.8) is 0 Å². The van der Waals surface area contributed by atoms with Crippen LogP contribution in [0, 0.1) is 0 Å². The summed E-state index contributed by atoms with van der Waals surface area (Å²) in [5, 5.41) is 3.37. The molecule has 0 aliphatic heterocycles. The van der Waals surface area contributed by atoms with E-state index in [1.54, 1.807) is 24.3 Å². The van der Waals surface area contributed by atoms with Gasteiger partial charge in [0.15, 0.2) is 9.84 Å². The Balaban J connectivity index is 2.84. The zero-order valence-corrected chi connectivity index (χ0v) is 8.66. The van der Waals surface area contributed by atoms with Crippen LogP contribution in [-0.2, 0) is 15.6 Å². The fourth-order valence-electron chi connectivity index (χ4n) is 1.09. The lowest BCUT2D eigenvalue weighted by molar-refractivity contribution is 0.601. The lowest BCUT2D eigenvalue weighted by atomic mass is 10.2. The molecule has 0 bridgehead atoms. The van der Waals surface area contributed by atoms with Crippen LogP contribution in [0.3, 0.4) is 0 Å². The summed E-state index contributed by atoms with van der Waals surface area (Å²) in [5.74, 6) is 5.04. The first-order valence-electron chi connectivity index (χ1n) is 4.01. The minimum absolute atomic E-state index is 0.0625. The molecule has 0 saturated carbocycles. The molecule has 1 aromatic rings. The second-order valence-corrected chi connectivity index (χ2v) is 5.23. The standard InChI is InChI=1S/C9H12N2O2S/c1-14(12,13)7-9-4-2-8(3-5-9)6-11-10/h2-6H,7,10H2,1H3. The molecule has 5 heteroatoms. The Labute approximate surface area is 83.4 Å². The van der Waals surface area contributed by atoms with Crippen LogP contribution >= 0.6 is 0 Å². The molecule has 0 amide bonds. The summed E-state index contributed by atoms with van der Waals surface area (Å²) in [4.78, 5) is 0. The number of sulfone groups is 1. The molecule has 0 aromatic heterocycles. The molecule has 76 valence electrons. The second kappa shape index (κ2) is 4.23. The summed E-state index contributed by atoms with van der Waals surface area (Å²) in [6.07, 6.45) is 2.71. The molecule has 0 atom stereocenters. The van der Waals surface area contributed by atoms with Crippen LogP contribution in [-0.4, -0.2) is 20.9 Å². The average molecular weight is 212 g/mol. The van der Waals surface area contributed by atoms with Crippen molar-refractivity contribution in [1.82, 2.24) is 0 Å². The minimum Gasteiger partial charge on any atom is -0.323 e. The Morgan fingerprint density at radius 2 is 1.93 bits per heavy atom. The molecule has 0 aliphatic rings. The van der Waals surface area contributed by atoms with Gasteiger partial charge in [-0.1, -0.05) is 24.3 Å². The Morgan fingerprint density at radius 1 is 1.36 bits per heavy atom. The van der Waals surface area contributed by atoms with E-state index in [2.05, 4.69) is 5.10 Å². The number of nitrogens with zero attached hydrogens (tertiary/aromatic N) is 1. The van der Waals surface area contributed by atoms with Crippen molar-refractivity contribution < 1.29 is 8.42 Å². The van der Waals surface area contributed by atoms with Crippen molar-refractivity contribution in [3.05, 3.63) is 35.4 Å². The number of benzene rings is 1. The first-order valence-corrected chi connectivity index (χ1v) is 6.07. The Kier molecular flexibility index (Phi) is 3.24. The Bertz CT molecular complexity index is 421. The van der Waals surface area contributed by atoms with Crippen LogP contribution in [0.4, 0.5) is 0 Å². The maximum absolute atomic E-state index is 11.0. The Hall–Kier alpha value is -1.36. The molecule has 2 N–H and O–H groups in total. The van der Waals surface area contributed by atoms with Crippen LogP contribution in [0.25, 0.3) is 0 Å². The predicted octanol–water partition coefficient (Wildman–Crippen LogP) is 0.524. The van der Waals surface area contributed by atoms with Gasteiger partial charge >= 0.3 is 0 Å². The normalized spacial score (nSPS) is 12.1. The summed E-state index contributed by atoms with van der Waals surface area (Å²) in [5.41, 5.74) is 1.62. The molecule has 0 saturated heterocycles. The van der Waals surface area contributed by atoms with Crippen molar-refractivity contribution in [2.75, 3.05) is 6.26 Å². The van der Waals surface area contributed by atoms with Gasteiger partial charge in [-0.05, 0) is 11.1 Å². The number of rotatable bonds is 3. The Morgan fingerprint density at radius 3 is 2.36 bits per heavy atom. The molecule has 1 rings (SSSR count). The van der Waals surface area contributed by atoms with Crippen molar-refractivity contribution in [2.45, 2.75) is 5.75 Å². The zero-order chi connectivity index (χ0) is 10.6. The molecule has 0 heterocycles. The number of hydrogen-bond donors (Lipinski definition) is 1. The van der Waals surface area contributed by atoms with Gasteiger partial charge < -0.3 is 5.84 Å². The molecule has 0 spiro atoms. The highest BCUT2D eigenvalue weighted by Gasteiger charge is 2.03. The van der Waals surface area contributed by atoms with Gasteiger partial charge in [0.1, 0.15) is 0 Å². The van der Waals surface area contributed by atoms with Gasteiger partial charge in [0, 0.05) is 6.26 Å². The molecule has 0 fully saturated rings. The summed E-state index contributed by atoms with van der Waals surface area (Å²) in [6.45, 7) is 0. The van der Waals surface area contributed by atoms with Gasteiger partial charge in [-0.3, -0.25) is 0 Å². The summed E-state index contributed by atoms with van der Waals surface area (Å²) in [6, 6.07) is 7.05. The number of hydrazone groups is 1. The summed E-state index contributed by atoms with van der Waals surface area (Å²) >= 11 is 0. The fraction of sp³-hybridized carbons (Fsp3) is 0.222. The van der Waals surface area contributed by atoms with E-state index in [1.807, 2.05) is 0 Å². The minimum atomic E-state index is -2.96. The third kappa shape index (κ3) is 3.57. The van der Waals surface area contributed by atoms with Crippen LogP contribution < -0.4 is 5.84 Å². The van der Waals surface area contributed by atoms with Gasteiger partial charge in [-0.15, -0.1) is 0 Å². The van der Waals surface area contributed by atoms with Crippen molar-refractivity contribution in [1.29, 1.82) is 0 Å². The lowest BCUT2D eigenvalue weighted by Crippen LogP contribution is -2.00. The van der Waals surface area contributed by atoms with Crippen molar-refractivity contribution in [3.8, 4) is 0 Å². The van der Waals surface area contributed by atoms with Gasteiger partial charge in [0.25, 0.3) is 0 Å². The molecular formula is C9H12N2O2S. The summed E-state index contributed by atoms with van der Waals surface area (Å²) < 4.78 is 21.9. The molecule has 14 heavy (non-hydrogen) atoms. The smallest absolute Gasteiger partial charge is 0.151 e. The monoisotopic (exact) mass is 212 g/mol. The molecule has 4 nitrogen and oxygen atoms in total. The van der Waals surface area contributed by atoms with Gasteiger partial charge in [-0.25, -0.2) is 8.42 Å². The van der Waals surface area contributed by atoms with E-state index in [-0.39, 0.29) is 5.75 Å². The van der Waals surface area contributed by atoms with E-state index < -0.39 is 9.84 Å². The largest absolute Gasteiger partial charge is 0.323 e. The van der Waals surface area contributed by atoms with Crippen LogP contribution in [0.15, 0.2) is 29.4 Å². The molecular weight excluding hydrogens is 200 g/mol. The van der Waals surface area contributed by atoms with E-state index in [0.29, 0.717) is 0 Å². The van der Waals surface area contributed by atoms with Crippen LogP contribution in [0.1, 0.15) is 11.1 Å². The third-order valence-electron chi connectivity index (χ3n) is 1.63. The highest BCUT2D eigenvalue weighted by atomic mass is 32.2. The van der Waals surface area contributed by atoms with Crippen LogP contribution in [0.5, 0.6) is 0 Å². The SMILES string of the molecule is CS(=O)(=O)Cc1ccc(C=NN)cc1. The molecule has 1 aromatic carbocycles. The maximum Gasteiger partial charge on any atom is 0.151 e. The lowest BCUT2D eigenvalue weighted by Gasteiger charge is -1.99. The quantitative estimate of drug-likeness (QED) is 0.451. The zero-order valence-electron chi connectivity index (χ0n) is 7.84. The van der Waals surface area contributed by atoms with E-state index in [1.165, 1.54) is 12.5 Å². The van der Waals surface area contributed by atoms with Gasteiger partial charge in [-0.2, -0.15) is 5.10 Å².